The first-order chi connectivity index (χ1) is 7.49. The molecule has 0 spiro atoms. The van der Waals surface area contributed by atoms with E-state index in [0.717, 1.165) is 12.1 Å². The molecule has 2 N–H and O–H groups in total. The number of carboxylic acids is 1. The molecule has 0 saturated heterocycles. The minimum atomic E-state index is -1.27. The Morgan fingerprint density at radius 1 is 1.56 bits per heavy atom. The second kappa shape index (κ2) is 3.48. The molecule has 1 atom stereocenters. The van der Waals surface area contributed by atoms with Gasteiger partial charge in [0.05, 0.1) is 11.3 Å². The van der Waals surface area contributed by atoms with Crippen molar-refractivity contribution < 1.29 is 23.8 Å². The normalized spacial score (nSPS) is 18.4. The molecule has 0 radical (unpaired) electrons. The predicted molar refractivity (Wildman–Crippen MR) is 52.1 cm³/mol. The molecule has 1 aliphatic rings. The van der Waals surface area contributed by atoms with Crippen LogP contribution in [0.4, 0.5) is 10.1 Å². The summed E-state index contributed by atoms with van der Waals surface area (Å²) >= 11 is 0. The Labute approximate surface area is 89.8 Å². The summed E-state index contributed by atoms with van der Waals surface area (Å²) in [4.78, 5) is 21.9. The average Bonchev–Trinajstić information content (AvgIpc) is 2.20. The van der Waals surface area contributed by atoms with E-state index in [0.29, 0.717) is 0 Å². The number of carboxylic acid groups (broad SMARTS) is 1. The summed E-state index contributed by atoms with van der Waals surface area (Å²) in [6.07, 6.45) is -0.794. The van der Waals surface area contributed by atoms with Crippen LogP contribution in [0.5, 0.6) is 5.75 Å². The summed E-state index contributed by atoms with van der Waals surface area (Å²) in [6, 6.07) is 2.01. The number of amides is 1. The number of ether oxygens (including phenoxy) is 1. The molecule has 0 bridgehead atoms. The van der Waals surface area contributed by atoms with E-state index in [9.17, 15) is 14.0 Å². The van der Waals surface area contributed by atoms with Gasteiger partial charge in [0.15, 0.2) is 17.7 Å². The zero-order valence-electron chi connectivity index (χ0n) is 8.28. The van der Waals surface area contributed by atoms with E-state index in [4.69, 9.17) is 9.84 Å². The van der Waals surface area contributed by atoms with E-state index in [-0.39, 0.29) is 17.0 Å². The Hall–Kier alpha value is -2.11. The summed E-state index contributed by atoms with van der Waals surface area (Å²) in [5.74, 6) is -2.64. The average molecular weight is 225 g/mol. The van der Waals surface area contributed by atoms with Crippen LogP contribution in [0.1, 0.15) is 17.3 Å². The Morgan fingerprint density at radius 3 is 2.88 bits per heavy atom. The van der Waals surface area contributed by atoms with Gasteiger partial charge < -0.3 is 15.2 Å². The zero-order chi connectivity index (χ0) is 11.9. The highest BCUT2D eigenvalue weighted by Gasteiger charge is 2.27. The number of carbonyl (C=O) groups excluding carboxylic acids is 1. The smallest absolute Gasteiger partial charge is 0.335 e. The van der Waals surface area contributed by atoms with E-state index in [1.165, 1.54) is 6.92 Å². The van der Waals surface area contributed by atoms with Crippen LogP contribution in [-0.4, -0.2) is 23.1 Å². The fraction of sp³-hybridized carbons (Fsp3) is 0.200. The van der Waals surface area contributed by atoms with Gasteiger partial charge in [-0.2, -0.15) is 0 Å². The fourth-order valence-corrected chi connectivity index (χ4v) is 1.39. The molecule has 6 heteroatoms. The summed E-state index contributed by atoms with van der Waals surface area (Å²) < 4.78 is 18.5. The largest absolute Gasteiger partial charge is 0.478 e. The molecule has 0 aliphatic carbocycles. The first-order valence-corrected chi connectivity index (χ1v) is 4.53. The van der Waals surface area contributed by atoms with Crippen molar-refractivity contribution in [3.8, 4) is 5.75 Å². The molecule has 0 aromatic heterocycles. The number of anilines is 1. The predicted octanol–water partition coefficient (Wildman–Crippen LogP) is 1.24. The molecule has 1 amide bonds. The minimum absolute atomic E-state index is 0.0421. The topological polar surface area (TPSA) is 75.6 Å². The number of benzene rings is 1. The highest BCUT2D eigenvalue weighted by atomic mass is 19.1. The number of hydrogen-bond acceptors (Lipinski definition) is 3. The van der Waals surface area contributed by atoms with E-state index in [1.54, 1.807) is 0 Å². The van der Waals surface area contributed by atoms with Gasteiger partial charge in [-0.15, -0.1) is 0 Å². The number of nitrogens with one attached hydrogen (secondary N) is 1. The van der Waals surface area contributed by atoms with Crippen molar-refractivity contribution in [3.05, 3.63) is 23.5 Å². The maximum atomic E-state index is 13.5. The molecule has 0 saturated carbocycles. The highest BCUT2D eigenvalue weighted by molar-refractivity contribution is 5.99. The van der Waals surface area contributed by atoms with Crippen molar-refractivity contribution in [2.24, 2.45) is 0 Å². The number of fused-ring (bicyclic) bond motifs is 1. The van der Waals surface area contributed by atoms with Gasteiger partial charge in [-0.05, 0) is 19.1 Å². The van der Waals surface area contributed by atoms with Crippen LogP contribution in [-0.2, 0) is 4.79 Å². The maximum absolute atomic E-state index is 13.5. The van der Waals surface area contributed by atoms with Crippen molar-refractivity contribution in [1.29, 1.82) is 0 Å². The third-order valence-electron chi connectivity index (χ3n) is 2.21. The minimum Gasteiger partial charge on any atom is -0.478 e. The highest BCUT2D eigenvalue weighted by Crippen LogP contribution is 2.33. The molecule has 2 rings (SSSR count). The van der Waals surface area contributed by atoms with Crippen molar-refractivity contribution in [3.63, 3.8) is 0 Å². The van der Waals surface area contributed by atoms with Gasteiger partial charge in [-0.3, -0.25) is 4.79 Å². The Morgan fingerprint density at radius 2 is 2.25 bits per heavy atom. The molecule has 5 nitrogen and oxygen atoms in total. The molecule has 0 fully saturated rings. The summed E-state index contributed by atoms with van der Waals surface area (Å²) in [6.45, 7) is 1.48. The Balaban J connectivity index is 2.52. The number of halogens is 1. The third-order valence-corrected chi connectivity index (χ3v) is 2.21. The molecule has 1 aromatic rings. The van der Waals surface area contributed by atoms with E-state index in [1.807, 2.05) is 0 Å². The molecule has 1 unspecified atom stereocenters. The molecule has 1 heterocycles. The van der Waals surface area contributed by atoms with Gasteiger partial charge >= 0.3 is 5.97 Å². The lowest BCUT2D eigenvalue weighted by Crippen LogP contribution is -2.35. The molecule has 1 aliphatic heterocycles. The van der Waals surface area contributed by atoms with E-state index in [2.05, 4.69) is 5.32 Å². The second-order valence-corrected chi connectivity index (χ2v) is 3.39. The molecular formula is C10H8FNO4. The van der Waals surface area contributed by atoms with Crippen molar-refractivity contribution in [2.75, 3.05) is 5.32 Å². The van der Waals surface area contributed by atoms with Gasteiger partial charge in [-0.1, -0.05) is 0 Å². The van der Waals surface area contributed by atoms with Gasteiger partial charge in [0, 0.05) is 0 Å². The molecule has 84 valence electrons. The van der Waals surface area contributed by atoms with Gasteiger partial charge in [0.2, 0.25) is 0 Å². The Kier molecular flexibility index (Phi) is 2.26. The lowest BCUT2D eigenvalue weighted by molar-refractivity contribution is -0.122. The van der Waals surface area contributed by atoms with Gasteiger partial charge in [-0.25, -0.2) is 9.18 Å². The third kappa shape index (κ3) is 1.58. The van der Waals surface area contributed by atoms with Crippen LogP contribution in [0.15, 0.2) is 12.1 Å². The van der Waals surface area contributed by atoms with E-state index < -0.39 is 23.8 Å². The molecular weight excluding hydrogens is 217 g/mol. The van der Waals surface area contributed by atoms with Crippen LogP contribution < -0.4 is 10.1 Å². The van der Waals surface area contributed by atoms with Gasteiger partial charge in [0.1, 0.15) is 0 Å². The summed E-state index contributed by atoms with van der Waals surface area (Å²) in [7, 11) is 0. The number of rotatable bonds is 1. The lowest BCUT2D eigenvalue weighted by atomic mass is 10.1. The fourth-order valence-electron chi connectivity index (χ4n) is 1.39. The van der Waals surface area contributed by atoms with Gasteiger partial charge in [0.25, 0.3) is 5.91 Å². The second-order valence-electron chi connectivity index (χ2n) is 3.39. The number of aromatic carboxylic acids is 1. The van der Waals surface area contributed by atoms with Crippen LogP contribution in [0, 0.1) is 5.82 Å². The monoisotopic (exact) mass is 225 g/mol. The van der Waals surface area contributed by atoms with Crippen LogP contribution in [0.2, 0.25) is 0 Å². The van der Waals surface area contributed by atoms with Crippen LogP contribution in [0.25, 0.3) is 0 Å². The first kappa shape index (κ1) is 10.4. The van der Waals surface area contributed by atoms with Crippen molar-refractivity contribution in [1.82, 2.24) is 0 Å². The van der Waals surface area contributed by atoms with E-state index >= 15 is 0 Å². The maximum Gasteiger partial charge on any atom is 0.335 e. The first-order valence-electron chi connectivity index (χ1n) is 4.53. The lowest BCUT2D eigenvalue weighted by Gasteiger charge is -2.23. The quantitative estimate of drug-likeness (QED) is 0.754. The number of carbonyl (C=O) groups is 2. The summed E-state index contributed by atoms with van der Waals surface area (Å²) in [5, 5.41) is 11.1. The Bertz CT molecular complexity index is 486. The van der Waals surface area contributed by atoms with Crippen molar-refractivity contribution >= 4 is 17.6 Å². The zero-order valence-corrected chi connectivity index (χ0v) is 8.28. The summed E-state index contributed by atoms with van der Waals surface area (Å²) in [5.41, 5.74) is -0.199. The number of hydrogen-bond donors (Lipinski definition) is 2. The SMILES string of the molecule is CC1Oc2c(F)cc(C(=O)O)cc2NC1=O. The van der Waals surface area contributed by atoms with Crippen LogP contribution >= 0.6 is 0 Å². The molecule has 1 aromatic carbocycles. The standard InChI is InChI=1S/C10H8FNO4/c1-4-9(13)12-7-3-5(10(14)15)2-6(11)8(7)16-4/h2-4H,1H3,(H,12,13)(H,14,15). The molecule has 16 heavy (non-hydrogen) atoms. The van der Waals surface area contributed by atoms with Crippen molar-refractivity contribution in [2.45, 2.75) is 13.0 Å². The van der Waals surface area contributed by atoms with Crippen LogP contribution in [0.3, 0.4) is 0 Å².